The van der Waals surface area contributed by atoms with E-state index in [1.54, 1.807) is 11.4 Å². The Bertz CT molecular complexity index is 553. The minimum atomic E-state index is -1.29. The first-order valence-corrected chi connectivity index (χ1v) is 6.55. The standard InChI is InChI=1S/C12H9BrF2OS/c1-6-2-3-8(14)9(10(6)15)11(16)12-7(13)4-5-17-12/h2-5,11,16H,1H3. The molecule has 5 heteroatoms. The van der Waals surface area contributed by atoms with E-state index in [0.717, 1.165) is 0 Å². The quantitative estimate of drug-likeness (QED) is 0.880. The monoisotopic (exact) mass is 318 g/mol. The molecule has 1 N–H and O–H groups in total. The number of aliphatic hydroxyl groups excluding tert-OH is 1. The molecule has 0 saturated heterocycles. The summed E-state index contributed by atoms with van der Waals surface area (Å²) >= 11 is 4.48. The summed E-state index contributed by atoms with van der Waals surface area (Å²) in [4.78, 5) is 0.494. The van der Waals surface area contributed by atoms with Gasteiger partial charge >= 0.3 is 0 Å². The molecule has 17 heavy (non-hydrogen) atoms. The minimum Gasteiger partial charge on any atom is -0.383 e. The highest BCUT2D eigenvalue weighted by molar-refractivity contribution is 9.10. The van der Waals surface area contributed by atoms with E-state index in [1.807, 2.05) is 0 Å². The van der Waals surface area contributed by atoms with Gasteiger partial charge in [-0.2, -0.15) is 0 Å². The normalized spacial score (nSPS) is 12.8. The van der Waals surface area contributed by atoms with Gasteiger partial charge in [-0.25, -0.2) is 8.78 Å². The van der Waals surface area contributed by atoms with Gasteiger partial charge in [0.1, 0.15) is 17.7 Å². The predicted octanol–water partition coefficient (Wildman–Crippen LogP) is 4.18. The van der Waals surface area contributed by atoms with E-state index in [0.29, 0.717) is 14.9 Å². The maximum Gasteiger partial charge on any atom is 0.135 e. The fourth-order valence-corrected chi connectivity index (χ4v) is 3.14. The molecule has 1 atom stereocenters. The molecule has 1 unspecified atom stereocenters. The van der Waals surface area contributed by atoms with E-state index in [4.69, 9.17) is 0 Å². The second-order valence-corrected chi connectivity index (χ2v) is 5.43. The molecule has 0 aliphatic heterocycles. The molecule has 2 rings (SSSR count). The molecule has 0 saturated carbocycles. The van der Waals surface area contributed by atoms with Crippen molar-refractivity contribution in [1.29, 1.82) is 0 Å². The average molecular weight is 319 g/mol. The van der Waals surface area contributed by atoms with Crippen LogP contribution < -0.4 is 0 Å². The van der Waals surface area contributed by atoms with Crippen LogP contribution in [0.4, 0.5) is 8.78 Å². The van der Waals surface area contributed by atoms with Gasteiger partial charge in [-0.15, -0.1) is 11.3 Å². The van der Waals surface area contributed by atoms with E-state index in [2.05, 4.69) is 15.9 Å². The number of benzene rings is 1. The SMILES string of the molecule is Cc1ccc(F)c(C(O)c2sccc2Br)c1F. The van der Waals surface area contributed by atoms with Crippen LogP contribution in [0.15, 0.2) is 28.1 Å². The Labute approximate surface area is 110 Å². The number of halogens is 3. The molecule has 0 bridgehead atoms. The maximum absolute atomic E-state index is 13.8. The molecule has 1 heterocycles. The summed E-state index contributed by atoms with van der Waals surface area (Å²) < 4.78 is 28.1. The molecule has 2 aromatic rings. The van der Waals surface area contributed by atoms with Gasteiger partial charge in [-0.3, -0.25) is 0 Å². The van der Waals surface area contributed by atoms with Crippen molar-refractivity contribution < 1.29 is 13.9 Å². The third-order valence-corrected chi connectivity index (χ3v) is 4.41. The largest absolute Gasteiger partial charge is 0.383 e. The Morgan fingerprint density at radius 3 is 2.59 bits per heavy atom. The zero-order chi connectivity index (χ0) is 12.6. The van der Waals surface area contributed by atoms with Gasteiger partial charge in [0, 0.05) is 4.47 Å². The summed E-state index contributed by atoms with van der Waals surface area (Å²) in [6.07, 6.45) is -1.29. The minimum absolute atomic E-state index is 0.298. The molecule has 0 amide bonds. The Balaban J connectivity index is 2.55. The van der Waals surface area contributed by atoms with E-state index in [1.165, 1.54) is 30.4 Å². The molecule has 0 fully saturated rings. The molecular weight excluding hydrogens is 310 g/mol. The average Bonchev–Trinajstić information content (AvgIpc) is 2.70. The predicted molar refractivity (Wildman–Crippen MR) is 67.2 cm³/mol. The third-order valence-electron chi connectivity index (χ3n) is 2.49. The Morgan fingerprint density at radius 1 is 1.29 bits per heavy atom. The molecule has 1 aromatic heterocycles. The van der Waals surface area contributed by atoms with Gasteiger partial charge in [0.25, 0.3) is 0 Å². The lowest BCUT2D eigenvalue weighted by Crippen LogP contribution is -2.06. The van der Waals surface area contributed by atoms with Crippen molar-refractivity contribution >= 4 is 27.3 Å². The van der Waals surface area contributed by atoms with Crippen molar-refractivity contribution in [2.75, 3.05) is 0 Å². The van der Waals surface area contributed by atoms with Crippen molar-refractivity contribution in [3.8, 4) is 0 Å². The van der Waals surface area contributed by atoms with Crippen molar-refractivity contribution in [1.82, 2.24) is 0 Å². The van der Waals surface area contributed by atoms with Crippen LogP contribution in [0.5, 0.6) is 0 Å². The fourth-order valence-electron chi connectivity index (χ4n) is 1.56. The molecule has 0 radical (unpaired) electrons. The Kier molecular flexibility index (Phi) is 3.61. The third kappa shape index (κ3) is 2.27. The first-order valence-electron chi connectivity index (χ1n) is 4.88. The Morgan fingerprint density at radius 2 is 2.00 bits per heavy atom. The molecular formula is C12H9BrF2OS. The van der Waals surface area contributed by atoms with Gasteiger partial charge < -0.3 is 5.11 Å². The lowest BCUT2D eigenvalue weighted by atomic mass is 10.0. The van der Waals surface area contributed by atoms with Gasteiger partial charge in [0.2, 0.25) is 0 Å². The summed E-state index contributed by atoms with van der Waals surface area (Å²) in [6, 6.07) is 4.25. The van der Waals surface area contributed by atoms with E-state index in [-0.39, 0.29) is 5.56 Å². The van der Waals surface area contributed by atoms with Crippen LogP contribution in [0.25, 0.3) is 0 Å². The lowest BCUT2D eigenvalue weighted by molar-refractivity contribution is 0.212. The zero-order valence-electron chi connectivity index (χ0n) is 8.88. The van der Waals surface area contributed by atoms with E-state index >= 15 is 0 Å². The van der Waals surface area contributed by atoms with Crippen molar-refractivity contribution in [3.05, 3.63) is 55.7 Å². The highest BCUT2D eigenvalue weighted by atomic mass is 79.9. The second kappa shape index (κ2) is 4.84. The molecule has 90 valence electrons. The van der Waals surface area contributed by atoms with Crippen molar-refractivity contribution in [2.45, 2.75) is 13.0 Å². The summed E-state index contributed by atoms with van der Waals surface area (Å²) in [5.74, 6) is -1.43. The number of hydrogen-bond donors (Lipinski definition) is 1. The Hall–Kier alpha value is -0.780. The molecule has 1 nitrogen and oxygen atoms in total. The number of hydrogen-bond acceptors (Lipinski definition) is 2. The van der Waals surface area contributed by atoms with Crippen molar-refractivity contribution in [2.24, 2.45) is 0 Å². The van der Waals surface area contributed by atoms with Crippen LogP contribution >= 0.6 is 27.3 Å². The van der Waals surface area contributed by atoms with Crippen LogP contribution in [0.1, 0.15) is 22.1 Å². The molecule has 0 aliphatic rings. The second-order valence-electron chi connectivity index (χ2n) is 3.63. The number of aryl methyl sites for hydroxylation is 1. The van der Waals surface area contributed by atoms with Crippen LogP contribution in [0.3, 0.4) is 0 Å². The van der Waals surface area contributed by atoms with Crippen LogP contribution in [0.2, 0.25) is 0 Å². The summed E-state index contributed by atoms with van der Waals surface area (Å²) in [5.41, 5.74) is 0.0151. The van der Waals surface area contributed by atoms with Gasteiger partial charge in [0.15, 0.2) is 0 Å². The summed E-state index contributed by atoms with van der Waals surface area (Å²) in [6.45, 7) is 1.54. The number of aliphatic hydroxyl groups is 1. The van der Waals surface area contributed by atoms with Crippen LogP contribution in [-0.4, -0.2) is 5.11 Å². The van der Waals surface area contributed by atoms with Gasteiger partial charge in [-0.1, -0.05) is 6.07 Å². The van der Waals surface area contributed by atoms with Gasteiger partial charge in [-0.05, 0) is 45.9 Å². The van der Waals surface area contributed by atoms with Crippen molar-refractivity contribution in [3.63, 3.8) is 0 Å². The molecule has 1 aromatic carbocycles. The zero-order valence-corrected chi connectivity index (χ0v) is 11.3. The fraction of sp³-hybridized carbons (Fsp3) is 0.167. The number of thiophene rings is 1. The molecule has 0 spiro atoms. The first kappa shape index (κ1) is 12.7. The number of rotatable bonds is 2. The van der Waals surface area contributed by atoms with E-state index < -0.39 is 17.7 Å². The van der Waals surface area contributed by atoms with E-state index in [9.17, 15) is 13.9 Å². The maximum atomic E-state index is 13.8. The van der Waals surface area contributed by atoms with Crippen LogP contribution in [0, 0.1) is 18.6 Å². The van der Waals surface area contributed by atoms with Crippen LogP contribution in [-0.2, 0) is 0 Å². The van der Waals surface area contributed by atoms with Gasteiger partial charge in [0.05, 0.1) is 10.4 Å². The lowest BCUT2D eigenvalue weighted by Gasteiger charge is -2.13. The molecule has 0 aliphatic carbocycles. The summed E-state index contributed by atoms with van der Waals surface area (Å²) in [7, 11) is 0. The highest BCUT2D eigenvalue weighted by Gasteiger charge is 2.23. The topological polar surface area (TPSA) is 20.2 Å². The smallest absolute Gasteiger partial charge is 0.135 e. The first-order chi connectivity index (χ1) is 8.02. The highest BCUT2D eigenvalue weighted by Crippen LogP contribution is 2.35. The summed E-state index contributed by atoms with van der Waals surface area (Å²) in [5, 5.41) is 11.8.